The largest absolute Gasteiger partial charge is 0.379 e. The molecule has 5 heterocycles. The number of hydrogen-bond donors (Lipinski definition) is 2. The molecule has 1 unspecified atom stereocenters. The second-order valence-corrected chi connectivity index (χ2v) is 8.19. The Balaban J connectivity index is 1.39. The van der Waals surface area contributed by atoms with Crippen molar-refractivity contribution in [3.8, 4) is 11.5 Å². The molecule has 0 radical (unpaired) electrons. The fourth-order valence-electron chi connectivity index (χ4n) is 4.91. The molecule has 2 aliphatic rings. The molecule has 158 valence electrons. The zero-order valence-corrected chi connectivity index (χ0v) is 16.9. The molecule has 1 aromatic carbocycles. The fourth-order valence-corrected chi connectivity index (χ4v) is 4.91. The summed E-state index contributed by atoms with van der Waals surface area (Å²) < 4.78 is 13.1. The Labute approximate surface area is 177 Å². The van der Waals surface area contributed by atoms with Gasteiger partial charge in [-0.05, 0) is 41.7 Å². The Morgan fingerprint density at radius 3 is 2.61 bits per heavy atom. The Bertz CT molecular complexity index is 1290. The van der Waals surface area contributed by atoms with Crippen LogP contribution in [-0.2, 0) is 16.1 Å². The van der Waals surface area contributed by atoms with Crippen molar-refractivity contribution in [2.45, 2.75) is 31.2 Å². The number of pyridine rings is 1. The summed E-state index contributed by atoms with van der Waals surface area (Å²) in [4.78, 5) is 8.87. The number of ether oxygens (including phenoxy) is 1. The summed E-state index contributed by atoms with van der Waals surface area (Å²) in [6, 6.07) is 9.82. The van der Waals surface area contributed by atoms with Crippen molar-refractivity contribution < 1.29 is 14.5 Å². The van der Waals surface area contributed by atoms with Gasteiger partial charge < -0.3 is 20.6 Å². The molecule has 0 aliphatic carbocycles. The predicted octanol–water partition coefficient (Wildman–Crippen LogP) is 1.89. The number of fused-ring (bicyclic) bond motifs is 3. The minimum atomic E-state index is -1.29. The van der Waals surface area contributed by atoms with Gasteiger partial charge in [0.05, 0.1) is 11.7 Å². The minimum Gasteiger partial charge on any atom is -0.379 e. The quantitative estimate of drug-likeness (QED) is 0.500. The van der Waals surface area contributed by atoms with Crippen LogP contribution in [-0.4, -0.2) is 43.2 Å². The van der Waals surface area contributed by atoms with Gasteiger partial charge in [-0.25, -0.2) is 14.3 Å². The van der Waals surface area contributed by atoms with Crippen LogP contribution in [0.4, 0.5) is 5.82 Å². The van der Waals surface area contributed by atoms with Crippen molar-refractivity contribution in [3.63, 3.8) is 0 Å². The van der Waals surface area contributed by atoms with Crippen LogP contribution < -0.4 is 10.7 Å². The number of piperidine rings is 1. The highest BCUT2D eigenvalue weighted by Gasteiger charge is 2.51. The zero-order chi connectivity index (χ0) is 21.2. The third-order valence-electron chi connectivity index (χ3n) is 6.30. The Hall–Kier alpha value is -3.50. The van der Waals surface area contributed by atoms with Gasteiger partial charge in [0.2, 0.25) is 0 Å². The number of aliphatic hydroxyl groups is 1. The molecule has 0 saturated carbocycles. The van der Waals surface area contributed by atoms with E-state index in [0.717, 1.165) is 22.2 Å². The maximum absolute atomic E-state index is 10.9. The van der Waals surface area contributed by atoms with E-state index in [9.17, 15) is 5.11 Å². The van der Waals surface area contributed by atoms with E-state index >= 15 is 0 Å². The average Bonchev–Trinajstić information content (AvgIpc) is 3.42. The molecule has 31 heavy (non-hydrogen) atoms. The summed E-state index contributed by atoms with van der Waals surface area (Å²) in [6.07, 6.45) is 4.85. The molecule has 3 aromatic heterocycles. The van der Waals surface area contributed by atoms with Crippen molar-refractivity contribution >= 4 is 16.9 Å². The normalized spacial score (nSPS) is 22.3. The van der Waals surface area contributed by atoms with Crippen LogP contribution in [0.3, 0.4) is 0 Å². The fraction of sp³-hybridized carbons (Fsp3) is 0.333. The van der Waals surface area contributed by atoms with Gasteiger partial charge in [0.15, 0.2) is 23.1 Å². The highest BCUT2D eigenvalue weighted by Crippen LogP contribution is 2.50. The highest BCUT2D eigenvalue weighted by molar-refractivity contribution is 5.81. The number of aromatic nitrogens is 5. The molecule has 1 saturated heterocycles. The maximum atomic E-state index is 10.9. The highest BCUT2D eigenvalue weighted by atomic mass is 16.6. The molecule has 1 atom stereocenters. The first-order valence-corrected chi connectivity index (χ1v) is 10.2. The lowest BCUT2D eigenvalue weighted by molar-refractivity contribution is -0.253. The first-order chi connectivity index (χ1) is 15.0. The van der Waals surface area contributed by atoms with Gasteiger partial charge in [-0.3, -0.25) is 4.98 Å². The number of hydrogen-bond acceptors (Lipinski definition) is 9. The second-order valence-electron chi connectivity index (χ2n) is 8.19. The van der Waals surface area contributed by atoms with Gasteiger partial charge in [-0.1, -0.05) is 24.3 Å². The number of benzene rings is 1. The molecule has 2 aliphatic heterocycles. The Kier molecular flexibility index (Phi) is 3.69. The zero-order valence-electron chi connectivity index (χ0n) is 16.9. The number of nitrogens with zero attached hydrogens (tertiary/aromatic N) is 6. The van der Waals surface area contributed by atoms with E-state index < -0.39 is 11.4 Å². The van der Waals surface area contributed by atoms with Crippen molar-refractivity contribution in [3.05, 3.63) is 53.9 Å². The van der Waals surface area contributed by atoms with E-state index in [1.807, 2.05) is 28.9 Å². The molecule has 1 spiro atoms. The lowest BCUT2D eigenvalue weighted by Crippen LogP contribution is -2.48. The average molecular weight is 419 g/mol. The number of imidazole rings is 1. The third kappa shape index (κ3) is 2.58. The lowest BCUT2D eigenvalue weighted by Gasteiger charge is -2.41. The van der Waals surface area contributed by atoms with Crippen LogP contribution in [0.2, 0.25) is 0 Å². The van der Waals surface area contributed by atoms with Crippen LogP contribution in [0.15, 0.2) is 47.4 Å². The van der Waals surface area contributed by atoms with Crippen molar-refractivity contribution in [2.24, 2.45) is 0 Å². The van der Waals surface area contributed by atoms with Gasteiger partial charge in [0, 0.05) is 24.8 Å². The standard InChI is InChI=1S/C21H21N7O3/c1-20(29)13-4-2-3-5-14(13)21(30-20)7-10-27(11-8-21)28-16-6-9-23-12-15(16)24-19(28)17-18(22)26-31-25-17/h2-6,9,12,29H,7-8,10-11H2,1H3,(H2,22,26). The summed E-state index contributed by atoms with van der Waals surface area (Å²) in [5.74, 6) is -0.558. The van der Waals surface area contributed by atoms with Crippen LogP contribution in [0.25, 0.3) is 22.6 Å². The van der Waals surface area contributed by atoms with E-state index in [0.29, 0.717) is 37.4 Å². The monoisotopic (exact) mass is 419 g/mol. The summed E-state index contributed by atoms with van der Waals surface area (Å²) in [7, 11) is 0. The number of rotatable bonds is 2. The number of anilines is 1. The molecule has 3 N–H and O–H groups in total. The number of nitrogens with two attached hydrogens (primary N) is 1. The molecular weight excluding hydrogens is 398 g/mol. The molecule has 1 fully saturated rings. The van der Waals surface area contributed by atoms with Crippen LogP contribution in [0.1, 0.15) is 30.9 Å². The molecule has 10 nitrogen and oxygen atoms in total. The van der Waals surface area contributed by atoms with E-state index in [1.54, 1.807) is 19.3 Å². The first-order valence-electron chi connectivity index (χ1n) is 10.2. The molecule has 0 bridgehead atoms. The lowest BCUT2D eigenvalue weighted by atomic mass is 9.83. The van der Waals surface area contributed by atoms with E-state index in [-0.39, 0.29) is 5.82 Å². The molecule has 6 rings (SSSR count). The van der Waals surface area contributed by atoms with Crippen LogP contribution in [0, 0.1) is 0 Å². The number of nitrogen functional groups attached to an aromatic ring is 1. The van der Waals surface area contributed by atoms with Gasteiger partial charge >= 0.3 is 0 Å². The SMILES string of the molecule is CC1(O)OC2(CCN(n3c(-c4nonc4N)nc4cnccc43)CC2)c2ccccc21. The second kappa shape index (κ2) is 6.25. The van der Waals surface area contributed by atoms with E-state index in [1.165, 1.54) is 0 Å². The molecule has 0 amide bonds. The summed E-state index contributed by atoms with van der Waals surface area (Å²) >= 11 is 0. The van der Waals surface area contributed by atoms with Gasteiger partial charge in [0.1, 0.15) is 11.1 Å². The summed E-state index contributed by atoms with van der Waals surface area (Å²) in [5.41, 5.74) is 9.35. The summed E-state index contributed by atoms with van der Waals surface area (Å²) in [6.45, 7) is 3.06. The third-order valence-corrected chi connectivity index (χ3v) is 6.30. The maximum Gasteiger partial charge on any atom is 0.199 e. The first kappa shape index (κ1) is 18.3. The Morgan fingerprint density at radius 2 is 1.87 bits per heavy atom. The van der Waals surface area contributed by atoms with Gasteiger partial charge in [0.25, 0.3) is 0 Å². The molecule has 10 heteroatoms. The van der Waals surface area contributed by atoms with Crippen LogP contribution >= 0.6 is 0 Å². The van der Waals surface area contributed by atoms with Crippen LogP contribution in [0.5, 0.6) is 0 Å². The van der Waals surface area contributed by atoms with Gasteiger partial charge in [-0.15, -0.1) is 0 Å². The van der Waals surface area contributed by atoms with E-state index in [2.05, 4.69) is 31.4 Å². The van der Waals surface area contributed by atoms with Crippen molar-refractivity contribution in [2.75, 3.05) is 23.8 Å². The van der Waals surface area contributed by atoms with Crippen molar-refractivity contribution in [1.82, 2.24) is 25.0 Å². The van der Waals surface area contributed by atoms with E-state index in [4.69, 9.17) is 15.1 Å². The van der Waals surface area contributed by atoms with Gasteiger partial charge in [-0.2, -0.15) is 0 Å². The van der Waals surface area contributed by atoms with Crippen molar-refractivity contribution in [1.29, 1.82) is 0 Å². The summed E-state index contributed by atoms with van der Waals surface area (Å²) in [5, 5.41) is 20.7. The minimum absolute atomic E-state index is 0.182. The Morgan fingerprint density at radius 1 is 1.10 bits per heavy atom. The molecule has 4 aromatic rings. The topological polar surface area (TPSA) is 128 Å². The molecular formula is C21H21N7O3. The smallest absolute Gasteiger partial charge is 0.199 e. The predicted molar refractivity (Wildman–Crippen MR) is 111 cm³/mol.